The summed E-state index contributed by atoms with van der Waals surface area (Å²) in [6.45, 7) is 14.5. The molecule has 4 aromatic rings. The second-order valence-corrected chi connectivity index (χ2v) is 13.5. The first kappa shape index (κ1) is 38.1. The SMILES string of the molecule is CC(C)Cc1ccc(CNc2cc(C(=O)c3cn(CCCC(=O)[O-])cc3C(C)C)ccc2OCc2ccc(CC(C)C)cc2)cc1.[Na+]. The van der Waals surface area contributed by atoms with Gasteiger partial charge in [0.2, 0.25) is 0 Å². The zero-order valence-electron chi connectivity index (χ0n) is 29.3. The van der Waals surface area contributed by atoms with Crippen molar-refractivity contribution in [1.82, 2.24) is 4.57 Å². The summed E-state index contributed by atoms with van der Waals surface area (Å²) in [4.78, 5) is 24.8. The Balaban J connectivity index is 0.00000600. The van der Waals surface area contributed by atoms with E-state index in [0.717, 1.165) is 35.2 Å². The van der Waals surface area contributed by atoms with Gasteiger partial charge in [-0.1, -0.05) is 90.1 Å². The number of anilines is 1. The molecule has 0 unspecified atom stereocenters. The molecule has 0 aliphatic carbocycles. The van der Waals surface area contributed by atoms with Crippen LogP contribution in [0.15, 0.2) is 79.1 Å². The van der Waals surface area contributed by atoms with Gasteiger partial charge in [0.15, 0.2) is 5.78 Å². The van der Waals surface area contributed by atoms with Gasteiger partial charge in [-0.25, -0.2) is 0 Å². The van der Waals surface area contributed by atoms with Crippen molar-refractivity contribution in [3.05, 3.63) is 118 Å². The number of hydrogen-bond donors (Lipinski definition) is 1. The van der Waals surface area contributed by atoms with Crippen LogP contribution < -0.4 is 44.7 Å². The van der Waals surface area contributed by atoms with Gasteiger partial charge in [-0.15, -0.1) is 0 Å². The van der Waals surface area contributed by atoms with Crippen LogP contribution >= 0.6 is 0 Å². The summed E-state index contributed by atoms with van der Waals surface area (Å²) in [5.41, 5.74) is 7.76. The van der Waals surface area contributed by atoms with Gasteiger partial charge in [0.1, 0.15) is 12.4 Å². The largest absolute Gasteiger partial charge is 1.00 e. The van der Waals surface area contributed by atoms with Crippen molar-refractivity contribution in [2.75, 3.05) is 5.32 Å². The maximum atomic E-state index is 13.9. The van der Waals surface area contributed by atoms with Crippen molar-refractivity contribution in [1.29, 1.82) is 0 Å². The number of aromatic nitrogens is 1. The van der Waals surface area contributed by atoms with Gasteiger partial charge in [-0.3, -0.25) is 4.79 Å². The van der Waals surface area contributed by atoms with Gasteiger partial charge in [-0.2, -0.15) is 0 Å². The van der Waals surface area contributed by atoms with Crippen LogP contribution in [0, 0.1) is 11.8 Å². The first-order chi connectivity index (χ1) is 22.0. The smallest absolute Gasteiger partial charge is 0.550 e. The molecule has 6 nitrogen and oxygen atoms in total. The Hall–Kier alpha value is -3.32. The van der Waals surface area contributed by atoms with Gasteiger partial charge in [0.25, 0.3) is 0 Å². The number of carboxylic acids is 1. The summed E-state index contributed by atoms with van der Waals surface area (Å²) in [7, 11) is 0. The number of nitrogens with zero attached hydrogens (tertiary/aromatic N) is 1. The standard InChI is InChI=1S/C40H50N2O4.Na/c1-27(2)20-30-9-13-32(14-10-30)23-41-37-22-34(17-18-38(37)46-26-33-15-11-31(12-16-33)21-28(3)4)40(45)36-25-42(19-7-8-39(43)44)24-35(36)29(5)6;/h9-18,22,24-25,27-29,41H,7-8,19-21,23,26H2,1-6H3,(H,43,44);/q;+1/p-1. The van der Waals surface area contributed by atoms with Crippen molar-refractivity contribution in [3.8, 4) is 5.75 Å². The molecule has 1 N–H and O–H groups in total. The molecule has 0 aliphatic rings. The Kier molecular flexibility index (Phi) is 14.8. The summed E-state index contributed by atoms with van der Waals surface area (Å²) < 4.78 is 8.25. The van der Waals surface area contributed by atoms with Crippen molar-refractivity contribution in [3.63, 3.8) is 0 Å². The Morgan fingerprint density at radius 1 is 0.787 bits per heavy atom. The fourth-order valence-electron chi connectivity index (χ4n) is 5.67. The number of benzene rings is 3. The average Bonchev–Trinajstić information content (AvgIpc) is 3.44. The third kappa shape index (κ3) is 11.7. The van der Waals surface area contributed by atoms with Crippen LogP contribution in [-0.4, -0.2) is 16.3 Å². The van der Waals surface area contributed by atoms with Gasteiger partial charge < -0.3 is 24.5 Å². The van der Waals surface area contributed by atoms with Crippen LogP contribution in [0.25, 0.3) is 0 Å². The molecule has 0 saturated carbocycles. The van der Waals surface area contributed by atoms with Crippen LogP contribution in [-0.2, 0) is 37.3 Å². The van der Waals surface area contributed by atoms with Gasteiger partial charge >= 0.3 is 29.6 Å². The van der Waals surface area contributed by atoms with Crippen molar-refractivity contribution >= 4 is 17.4 Å². The minimum Gasteiger partial charge on any atom is -0.550 e. The Morgan fingerprint density at radius 3 is 1.91 bits per heavy atom. The summed E-state index contributed by atoms with van der Waals surface area (Å²) in [6, 6.07) is 22.8. The van der Waals surface area contributed by atoms with Crippen molar-refractivity contribution < 1.29 is 49.0 Å². The molecular weight excluding hydrogens is 595 g/mol. The first-order valence-corrected chi connectivity index (χ1v) is 16.6. The molecule has 0 saturated heterocycles. The number of ketones is 1. The number of carbonyl (C=O) groups is 2. The quantitative estimate of drug-likeness (QED) is 0.130. The Morgan fingerprint density at radius 2 is 1.36 bits per heavy atom. The number of carbonyl (C=O) groups excluding carboxylic acids is 2. The van der Waals surface area contributed by atoms with Crippen LogP contribution in [0.1, 0.15) is 104 Å². The molecule has 0 spiro atoms. The van der Waals surface area contributed by atoms with E-state index < -0.39 is 5.97 Å². The minimum atomic E-state index is -1.07. The van der Waals surface area contributed by atoms with Crippen LogP contribution in [0.2, 0.25) is 0 Å². The monoisotopic (exact) mass is 644 g/mol. The normalized spacial score (nSPS) is 11.2. The van der Waals surface area contributed by atoms with Crippen LogP contribution in [0.5, 0.6) is 5.75 Å². The molecular formula is C40H49N2NaO4. The zero-order chi connectivity index (χ0) is 33.2. The third-order valence-electron chi connectivity index (χ3n) is 8.03. The second kappa shape index (κ2) is 18.3. The molecule has 0 radical (unpaired) electrons. The fourth-order valence-corrected chi connectivity index (χ4v) is 5.67. The Bertz CT molecular complexity index is 1590. The summed E-state index contributed by atoms with van der Waals surface area (Å²) in [6.07, 6.45) is 6.32. The molecule has 244 valence electrons. The number of aryl methyl sites for hydroxylation is 1. The molecule has 0 aliphatic heterocycles. The maximum Gasteiger partial charge on any atom is 1.00 e. The van der Waals surface area contributed by atoms with Crippen LogP contribution in [0.4, 0.5) is 5.69 Å². The predicted octanol–water partition coefficient (Wildman–Crippen LogP) is 4.96. The summed E-state index contributed by atoms with van der Waals surface area (Å²) >= 11 is 0. The predicted molar refractivity (Wildman–Crippen MR) is 184 cm³/mol. The number of ether oxygens (including phenoxy) is 1. The van der Waals surface area contributed by atoms with E-state index in [0.29, 0.717) is 54.8 Å². The molecule has 47 heavy (non-hydrogen) atoms. The molecule has 0 fully saturated rings. The molecule has 0 atom stereocenters. The van der Waals surface area contributed by atoms with E-state index in [1.807, 2.05) is 35.2 Å². The van der Waals surface area contributed by atoms with E-state index in [1.54, 1.807) is 0 Å². The fraction of sp³-hybridized carbons (Fsp3) is 0.400. The minimum absolute atomic E-state index is 0. The van der Waals surface area contributed by atoms with Crippen LogP contribution in [0.3, 0.4) is 0 Å². The summed E-state index contributed by atoms with van der Waals surface area (Å²) in [5, 5.41) is 14.4. The molecule has 4 rings (SSSR count). The van der Waals surface area contributed by atoms with E-state index in [1.165, 1.54) is 11.1 Å². The number of nitrogens with one attached hydrogen (secondary N) is 1. The molecule has 0 bridgehead atoms. The van der Waals surface area contributed by atoms with Gasteiger partial charge in [-0.05, 0) is 89.5 Å². The third-order valence-corrected chi connectivity index (χ3v) is 8.03. The Labute approximate surface area is 303 Å². The van der Waals surface area contributed by atoms with Crippen molar-refractivity contribution in [2.24, 2.45) is 11.8 Å². The number of carboxylic acid groups (broad SMARTS) is 1. The topological polar surface area (TPSA) is 83.4 Å². The average molecular weight is 645 g/mol. The van der Waals surface area contributed by atoms with E-state index >= 15 is 0 Å². The number of hydrogen-bond acceptors (Lipinski definition) is 5. The zero-order valence-corrected chi connectivity index (χ0v) is 31.3. The van der Waals surface area contributed by atoms with E-state index in [2.05, 4.69) is 95.4 Å². The number of rotatable bonds is 17. The molecule has 3 aromatic carbocycles. The molecule has 0 amide bonds. The maximum absolute atomic E-state index is 13.9. The van der Waals surface area contributed by atoms with Gasteiger partial charge in [0, 0.05) is 42.6 Å². The van der Waals surface area contributed by atoms with E-state index in [-0.39, 0.29) is 47.7 Å². The van der Waals surface area contributed by atoms with E-state index in [4.69, 9.17) is 4.74 Å². The first-order valence-electron chi connectivity index (χ1n) is 16.6. The molecule has 1 heterocycles. The molecule has 7 heteroatoms. The second-order valence-electron chi connectivity index (χ2n) is 13.5. The molecule has 1 aromatic heterocycles. The van der Waals surface area contributed by atoms with Gasteiger partial charge in [0.05, 0.1) is 5.69 Å². The number of aliphatic carboxylic acids is 1. The summed E-state index contributed by atoms with van der Waals surface area (Å²) in [5.74, 6) is 0.883. The van der Waals surface area contributed by atoms with E-state index in [9.17, 15) is 14.7 Å². The van der Waals surface area contributed by atoms with Crippen molar-refractivity contribution in [2.45, 2.75) is 92.8 Å².